The van der Waals surface area contributed by atoms with Gasteiger partial charge in [0.2, 0.25) is 0 Å². The van der Waals surface area contributed by atoms with Crippen LogP contribution in [0.1, 0.15) is 46.0 Å². The molecule has 2 aliphatic rings. The van der Waals surface area contributed by atoms with Crippen LogP contribution in [0, 0.1) is 0 Å². The topological polar surface area (TPSA) is 38.7 Å². The number of ether oxygens (including phenoxy) is 2. The first-order valence-corrected chi connectivity index (χ1v) is 5.66. The molecule has 0 aromatic rings. The van der Waals surface area contributed by atoms with Gasteiger partial charge in [-0.1, -0.05) is 6.42 Å². The summed E-state index contributed by atoms with van der Waals surface area (Å²) in [5.41, 5.74) is 0. The van der Waals surface area contributed by atoms with Crippen LogP contribution in [0.2, 0.25) is 0 Å². The average molecular weight is 200 g/mol. The van der Waals surface area contributed by atoms with Gasteiger partial charge in [0.1, 0.15) is 6.10 Å². The average Bonchev–Trinajstić information content (AvgIpc) is 2.08. The first-order chi connectivity index (χ1) is 6.62. The van der Waals surface area contributed by atoms with Crippen LogP contribution in [-0.4, -0.2) is 29.2 Å². The van der Waals surface area contributed by atoms with Crippen molar-refractivity contribution in [1.29, 1.82) is 0 Å². The van der Waals surface area contributed by atoms with Gasteiger partial charge in [-0.15, -0.1) is 0 Å². The number of hydrogen-bond donors (Lipinski definition) is 1. The predicted molar refractivity (Wildman–Crippen MR) is 52.9 cm³/mol. The lowest BCUT2D eigenvalue weighted by molar-refractivity contribution is -0.354. The molecular weight excluding hydrogens is 180 g/mol. The van der Waals surface area contributed by atoms with E-state index in [4.69, 9.17) is 9.47 Å². The number of hydrogen-bond acceptors (Lipinski definition) is 3. The molecule has 0 unspecified atom stereocenters. The molecule has 1 saturated heterocycles. The highest BCUT2D eigenvalue weighted by molar-refractivity contribution is 4.88. The molecule has 2 rings (SSSR count). The summed E-state index contributed by atoms with van der Waals surface area (Å²) in [4.78, 5) is 0. The van der Waals surface area contributed by atoms with Gasteiger partial charge in [-0.2, -0.15) is 0 Å². The lowest BCUT2D eigenvalue weighted by atomic mass is 9.89. The molecule has 1 heterocycles. The monoisotopic (exact) mass is 200 g/mol. The first kappa shape index (κ1) is 10.4. The molecule has 1 saturated carbocycles. The van der Waals surface area contributed by atoms with E-state index < -0.39 is 11.9 Å². The molecule has 0 radical (unpaired) electrons. The van der Waals surface area contributed by atoms with E-state index in [2.05, 4.69) is 13.8 Å². The smallest absolute Gasteiger partial charge is 0.194 e. The molecule has 3 nitrogen and oxygen atoms in total. The Hall–Kier alpha value is -0.120. The van der Waals surface area contributed by atoms with E-state index in [1.165, 1.54) is 0 Å². The largest absolute Gasteiger partial charge is 0.388 e. The van der Waals surface area contributed by atoms with Crippen molar-refractivity contribution in [3.63, 3.8) is 0 Å². The van der Waals surface area contributed by atoms with E-state index in [0.29, 0.717) is 0 Å². The fraction of sp³-hybridized carbons (Fsp3) is 1.00. The van der Waals surface area contributed by atoms with Crippen molar-refractivity contribution in [2.24, 2.45) is 0 Å². The summed E-state index contributed by atoms with van der Waals surface area (Å²) in [6, 6.07) is 0. The number of aliphatic hydroxyl groups is 1. The fourth-order valence-corrected chi connectivity index (χ4v) is 2.64. The second-order valence-corrected chi connectivity index (χ2v) is 4.67. The number of rotatable bonds is 0. The van der Waals surface area contributed by atoms with Gasteiger partial charge in [0.15, 0.2) is 5.79 Å². The van der Waals surface area contributed by atoms with Crippen LogP contribution in [0.15, 0.2) is 0 Å². The Balaban J connectivity index is 2.11. The Morgan fingerprint density at radius 3 is 2.36 bits per heavy atom. The Morgan fingerprint density at radius 1 is 1.14 bits per heavy atom. The minimum Gasteiger partial charge on any atom is -0.388 e. The highest BCUT2D eigenvalue weighted by atomic mass is 16.7. The highest BCUT2D eigenvalue weighted by Crippen LogP contribution is 2.39. The maximum absolute atomic E-state index is 9.97. The summed E-state index contributed by atoms with van der Waals surface area (Å²) in [5, 5.41) is 9.97. The van der Waals surface area contributed by atoms with Crippen molar-refractivity contribution < 1.29 is 14.6 Å². The Labute approximate surface area is 85.4 Å². The van der Waals surface area contributed by atoms with E-state index >= 15 is 0 Å². The van der Waals surface area contributed by atoms with Gasteiger partial charge < -0.3 is 14.6 Å². The van der Waals surface area contributed by atoms with Crippen molar-refractivity contribution in [1.82, 2.24) is 0 Å². The third-order valence-corrected chi connectivity index (χ3v) is 3.23. The molecule has 0 aromatic heterocycles. The van der Waals surface area contributed by atoms with Crippen LogP contribution in [0.3, 0.4) is 0 Å². The second kappa shape index (κ2) is 3.80. The van der Waals surface area contributed by atoms with Crippen molar-refractivity contribution in [2.75, 3.05) is 0 Å². The third kappa shape index (κ3) is 1.81. The highest BCUT2D eigenvalue weighted by Gasteiger charge is 2.47. The third-order valence-electron chi connectivity index (χ3n) is 3.23. The van der Waals surface area contributed by atoms with Crippen LogP contribution in [0.25, 0.3) is 0 Å². The van der Waals surface area contributed by atoms with Crippen LogP contribution in [0.4, 0.5) is 0 Å². The van der Waals surface area contributed by atoms with Crippen LogP contribution < -0.4 is 0 Å². The first-order valence-electron chi connectivity index (χ1n) is 5.66. The zero-order valence-corrected chi connectivity index (χ0v) is 9.03. The Kier molecular flexibility index (Phi) is 2.82. The summed E-state index contributed by atoms with van der Waals surface area (Å²) in [6.45, 7) is 4.12. The van der Waals surface area contributed by atoms with Gasteiger partial charge in [0, 0.05) is 6.42 Å². The molecule has 82 valence electrons. The van der Waals surface area contributed by atoms with E-state index in [0.717, 1.165) is 32.1 Å². The Morgan fingerprint density at radius 2 is 1.79 bits per heavy atom. The van der Waals surface area contributed by atoms with Crippen LogP contribution in [0.5, 0.6) is 0 Å². The van der Waals surface area contributed by atoms with E-state index in [-0.39, 0.29) is 12.2 Å². The van der Waals surface area contributed by atoms with E-state index in [1.807, 2.05) is 0 Å². The summed E-state index contributed by atoms with van der Waals surface area (Å²) in [6.07, 6.45) is 4.70. The van der Waals surface area contributed by atoms with Gasteiger partial charge >= 0.3 is 0 Å². The van der Waals surface area contributed by atoms with Gasteiger partial charge in [0.05, 0.1) is 12.2 Å². The Bertz CT molecular complexity index is 195. The maximum Gasteiger partial charge on any atom is 0.194 e. The quantitative estimate of drug-likeness (QED) is 0.648. The normalized spacial score (nSPS) is 49.5. The molecule has 3 atom stereocenters. The molecule has 0 amide bonds. The molecular formula is C11H20O3. The molecule has 1 spiro atoms. The SMILES string of the molecule is C[C@@H]1C[C@@H](C)OC2(CCCC[C@H]2O)O1. The summed E-state index contributed by atoms with van der Waals surface area (Å²) in [5.74, 6) is -0.685. The van der Waals surface area contributed by atoms with E-state index in [9.17, 15) is 5.11 Å². The molecule has 1 N–H and O–H groups in total. The molecule has 1 aliphatic heterocycles. The van der Waals surface area contributed by atoms with Gasteiger partial charge in [0.25, 0.3) is 0 Å². The molecule has 2 fully saturated rings. The summed E-state index contributed by atoms with van der Waals surface area (Å²) in [7, 11) is 0. The minimum absolute atomic E-state index is 0.200. The van der Waals surface area contributed by atoms with Gasteiger partial charge in [-0.05, 0) is 33.1 Å². The molecule has 14 heavy (non-hydrogen) atoms. The van der Waals surface area contributed by atoms with Crippen molar-refractivity contribution in [2.45, 2.75) is 70.1 Å². The molecule has 3 heteroatoms. The standard InChI is InChI=1S/C11H20O3/c1-8-7-9(2)14-11(13-8)6-4-3-5-10(11)12/h8-10,12H,3-7H2,1-2H3/t8-,9-,10-/m1/s1. The molecule has 0 bridgehead atoms. The second-order valence-electron chi connectivity index (χ2n) is 4.67. The lowest BCUT2D eigenvalue weighted by Gasteiger charge is -2.47. The summed E-state index contributed by atoms with van der Waals surface area (Å²) < 4.78 is 11.7. The van der Waals surface area contributed by atoms with Crippen molar-refractivity contribution >= 4 is 0 Å². The zero-order valence-electron chi connectivity index (χ0n) is 9.03. The number of aliphatic hydroxyl groups excluding tert-OH is 1. The molecule has 1 aliphatic carbocycles. The predicted octanol–water partition coefficient (Wildman–Crippen LogP) is 1.83. The minimum atomic E-state index is -0.685. The van der Waals surface area contributed by atoms with E-state index in [1.54, 1.807) is 0 Å². The van der Waals surface area contributed by atoms with Crippen molar-refractivity contribution in [3.05, 3.63) is 0 Å². The van der Waals surface area contributed by atoms with Crippen molar-refractivity contribution in [3.8, 4) is 0 Å². The lowest BCUT2D eigenvalue weighted by Crippen LogP contribution is -2.56. The summed E-state index contributed by atoms with van der Waals surface area (Å²) >= 11 is 0. The zero-order chi connectivity index (χ0) is 10.2. The van der Waals surface area contributed by atoms with Crippen LogP contribution >= 0.6 is 0 Å². The van der Waals surface area contributed by atoms with Crippen LogP contribution in [-0.2, 0) is 9.47 Å². The molecule has 0 aromatic carbocycles. The van der Waals surface area contributed by atoms with Gasteiger partial charge in [-0.3, -0.25) is 0 Å². The van der Waals surface area contributed by atoms with Gasteiger partial charge in [-0.25, -0.2) is 0 Å². The fourth-order valence-electron chi connectivity index (χ4n) is 2.64. The maximum atomic E-state index is 9.97.